The minimum atomic E-state index is -1.42. The maximum absolute atomic E-state index is 13.6. The molecule has 0 bridgehead atoms. The SMILES string of the molecule is N#Cc1ccc(-c2ccc(CCCCC(=O)OCC(COC(=O)CCCCc3ccc(-c4ccc(C#N)cc4)cc3)(COC(=O)CCCCc3ccc(-c4ccc(C#N)cc4)cc3)COC(=O)CCCCc3ccc(-c4ccc(C#N)cc4)cc3)cc2)cc1. The molecule has 8 aromatic carbocycles. The van der Waals surface area contributed by atoms with Crippen LogP contribution in [0.3, 0.4) is 0 Å². The zero-order chi connectivity index (χ0) is 62.5. The number of esters is 4. The number of ether oxygens (including phenoxy) is 4. The topological polar surface area (TPSA) is 200 Å². The van der Waals surface area contributed by atoms with Crippen LogP contribution in [0.25, 0.3) is 44.5 Å². The highest BCUT2D eigenvalue weighted by molar-refractivity contribution is 5.72. The average molecular weight is 1180 g/mol. The first-order valence-electron chi connectivity index (χ1n) is 30.5. The number of carbonyl (C=O) groups excluding carboxylic acids is 4. The number of nitrogens with zero attached hydrogens (tertiary/aromatic N) is 4. The largest absolute Gasteiger partial charge is 0.465 e. The summed E-state index contributed by atoms with van der Waals surface area (Å²) in [5, 5.41) is 36.7. The van der Waals surface area contributed by atoms with Crippen LogP contribution in [0.1, 0.15) is 122 Å². The van der Waals surface area contributed by atoms with Gasteiger partial charge in [0.2, 0.25) is 0 Å². The summed E-state index contributed by atoms with van der Waals surface area (Å²) in [6, 6.07) is 71.1. The highest BCUT2D eigenvalue weighted by Gasteiger charge is 2.38. The van der Waals surface area contributed by atoms with Crippen LogP contribution >= 0.6 is 0 Å². The molecule has 0 saturated heterocycles. The van der Waals surface area contributed by atoms with Gasteiger partial charge in [0.05, 0.1) is 46.5 Å². The summed E-state index contributed by atoms with van der Waals surface area (Å²) in [6.07, 6.45) is 8.32. The minimum Gasteiger partial charge on any atom is -0.465 e. The van der Waals surface area contributed by atoms with Crippen molar-refractivity contribution >= 4 is 23.9 Å². The zero-order valence-electron chi connectivity index (χ0n) is 50.2. The Bertz CT molecular complexity index is 3250. The lowest BCUT2D eigenvalue weighted by Gasteiger charge is -2.31. The monoisotopic (exact) mass is 1180 g/mol. The van der Waals surface area contributed by atoms with Crippen molar-refractivity contribution in [3.05, 3.63) is 239 Å². The standard InChI is InChI=1S/C77H72N4O8/c78-49-61-25-41-69(42-26-61)65-33-17-57(18-34-65)9-1-5-13-73(82)86-53-77(54-87-74(83)14-6-2-10-58-19-35-66(36-20-58)70-43-27-62(50-79)28-44-70,55-88-75(84)15-7-3-11-59-21-37-67(38-22-59)71-45-29-63(51-80)30-46-71)56-89-76(85)16-8-4-12-60-23-39-68(40-24-60)72-47-31-64(52-81)32-48-72/h17-48H,1-16,53-56H2. The summed E-state index contributed by atoms with van der Waals surface area (Å²) in [7, 11) is 0. The molecule has 0 unspecified atom stereocenters. The quantitative estimate of drug-likeness (QED) is 0.0220. The first-order chi connectivity index (χ1) is 43.5. The van der Waals surface area contributed by atoms with Crippen molar-refractivity contribution in [2.75, 3.05) is 26.4 Å². The Balaban J connectivity index is 0.883. The van der Waals surface area contributed by atoms with Crippen LogP contribution in [0.2, 0.25) is 0 Å². The number of nitriles is 4. The number of rotatable bonds is 32. The van der Waals surface area contributed by atoms with E-state index in [1.165, 1.54) is 0 Å². The summed E-state index contributed by atoms with van der Waals surface area (Å²) in [5.74, 6) is -1.97. The molecule has 0 N–H and O–H groups in total. The first kappa shape index (κ1) is 64.6. The summed E-state index contributed by atoms with van der Waals surface area (Å²) >= 11 is 0. The van der Waals surface area contributed by atoms with Crippen LogP contribution in [-0.4, -0.2) is 50.3 Å². The van der Waals surface area contributed by atoms with Gasteiger partial charge in [-0.15, -0.1) is 0 Å². The lowest BCUT2D eigenvalue weighted by molar-refractivity contribution is -0.170. The average Bonchev–Trinajstić information content (AvgIpc) is 3.73. The van der Waals surface area contributed by atoms with Crippen LogP contribution in [0, 0.1) is 50.7 Å². The predicted molar refractivity (Wildman–Crippen MR) is 343 cm³/mol. The van der Waals surface area contributed by atoms with Crippen LogP contribution < -0.4 is 0 Å². The second-order valence-electron chi connectivity index (χ2n) is 22.5. The Morgan fingerprint density at radius 2 is 0.427 bits per heavy atom. The molecule has 0 amide bonds. The van der Waals surface area contributed by atoms with Gasteiger partial charge in [-0.05, 0) is 192 Å². The predicted octanol–water partition coefficient (Wildman–Crippen LogP) is 16.0. The second kappa shape index (κ2) is 34.1. The van der Waals surface area contributed by atoms with Gasteiger partial charge in [0.15, 0.2) is 0 Å². The van der Waals surface area contributed by atoms with Gasteiger partial charge in [0.1, 0.15) is 31.8 Å². The molecule has 0 aromatic heterocycles. The molecule has 89 heavy (non-hydrogen) atoms. The minimum absolute atomic E-state index is 0.104. The molecule has 12 nitrogen and oxygen atoms in total. The van der Waals surface area contributed by atoms with Crippen LogP contribution in [0.5, 0.6) is 0 Å². The maximum Gasteiger partial charge on any atom is 0.305 e. The second-order valence-corrected chi connectivity index (χ2v) is 22.5. The van der Waals surface area contributed by atoms with E-state index in [1.54, 1.807) is 48.5 Å². The van der Waals surface area contributed by atoms with E-state index < -0.39 is 29.3 Å². The lowest BCUT2D eigenvalue weighted by atomic mass is 9.92. The van der Waals surface area contributed by atoms with E-state index in [1.807, 2.05) is 97.1 Å². The molecule has 12 heteroatoms. The van der Waals surface area contributed by atoms with Crippen molar-refractivity contribution in [2.24, 2.45) is 5.41 Å². The molecule has 8 rings (SSSR count). The van der Waals surface area contributed by atoms with E-state index in [9.17, 15) is 40.2 Å². The Hall–Kier alpha value is -10.4. The number of unbranched alkanes of at least 4 members (excludes halogenated alkanes) is 4. The third-order valence-corrected chi connectivity index (χ3v) is 15.7. The van der Waals surface area contributed by atoms with Crippen molar-refractivity contribution in [1.82, 2.24) is 0 Å². The number of carbonyl (C=O) groups is 4. The van der Waals surface area contributed by atoms with Gasteiger partial charge in [-0.3, -0.25) is 19.2 Å². The van der Waals surface area contributed by atoms with Gasteiger partial charge < -0.3 is 18.9 Å². The van der Waals surface area contributed by atoms with E-state index >= 15 is 0 Å². The fraction of sp³-hybridized carbons (Fsp3) is 0.273. The summed E-state index contributed by atoms with van der Waals surface area (Å²) in [5.41, 5.74) is 13.6. The van der Waals surface area contributed by atoms with E-state index in [2.05, 4.69) is 72.8 Å². The van der Waals surface area contributed by atoms with Gasteiger partial charge >= 0.3 is 23.9 Å². The third-order valence-electron chi connectivity index (χ3n) is 15.7. The Morgan fingerprint density at radius 1 is 0.258 bits per heavy atom. The lowest BCUT2D eigenvalue weighted by Crippen LogP contribution is -2.44. The normalized spacial score (nSPS) is 10.8. The summed E-state index contributed by atoms with van der Waals surface area (Å²) in [6.45, 7) is -1.37. The fourth-order valence-corrected chi connectivity index (χ4v) is 10.3. The number of hydrogen-bond acceptors (Lipinski definition) is 12. The highest BCUT2D eigenvalue weighted by atomic mass is 16.6. The van der Waals surface area contributed by atoms with E-state index in [0.717, 1.165) is 92.4 Å². The van der Waals surface area contributed by atoms with Crippen molar-refractivity contribution in [2.45, 2.75) is 103 Å². The molecule has 0 aliphatic carbocycles. The highest BCUT2D eigenvalue weighted by Crippen LogP contribution is 2.28. The molecule has 448 valence electrons. The molecule has 0 atom stereocenters. The molecule has 0 saturated carbocycles. The van der Waals surface area contributed by atoms with E-state index in [4.69, 9.17) is 18.9 Å². The van der Waals surface area contributed by atoms with Gasteiger partial charge in [0.25, 0.3) is 0 Å². The Kier molecular flexibility index (Phi) is 24.7. The number of benzene rings is 8. The molecule has 0 heterocycles. The van der Waals surface area contributed by atoms with Gasteiger partial charge in [-0.1, -0.05) is 146 Å². The molecule has 0 fully saturated rings. The third kappa shape index (κ3) is 20.9. The Morgan fingerprint density at radius 3 is 0.596 bits per heavy atom. The molecule has 0 spiro atoms. The van der Waals surface area contributed by atoms with Crippen LogP contribution in [0.4, 0.5) is 0 Å². The van der Waals surface area contributed by atoms with Crippen LogP contribution in [0.15, 0.2) is 194 Å². The summed E-state index contributed by atoms with van der Waals surface area (Å²) < 4.78 is 23.8. The molecular weight excluding hydrogens is 1110 g/mol. The van der Waals surface area contributed by atoms with Crippen LogP contribution in [-0.2, 0) is 63.8 Å². The van der Waals surface area contributed by atoms with E-state index in [-0.39, 0.29) is 52.1 Å². The zero-order valence-corrected chi connectivity index (χ0v) is 50.2. The van der Waals surface area contributed by atoms with Gasteiger partial charge in [-0.2, -0.15) is 21.0 Å². The molecule has 0 radical (unpaired) electrons. The van der Waals surface area contributed by atoms with Gasteiger partial charge in [0, 0.05) is 25.7 Å². The van der Waals surface area contributed by atoms with Crippen molar-refractivity contribution in [3.63, 3.8) is 0 Å². The fourth-order valence-electron chi connectivity index (χ4n) is 10.3. The molecule has 8 aromatic rings. The molecular formula is C77H72N4O8. The van der Waals surface area contributed by atoms with Crippen molar-refractivity contribution < 1.29 is 38.1 Å². The van der Waals surface area contributed by atoms with E-state index in [0.29, 0.717) is 73.6 Å². The number of aryl methyl sites for hydroxylation is 4. The first-order valence-corrected chi connectivity index (χ1v) is 30.5. The molecule has 0 aliphatic rings. The smallest absolute Gasteiger partial charge is 0.305 e. The Labute approximate surface area is 522 Å². The molecule has 0 aliphatic heterocycles. The maximum atomic E-state index is 13.6. The van der Waals surface area contributed by atoms with Crippen molar-refractivity contribution in [1.29, 1.82) is 21.0 Å². The number of hydrogen-bond donors (Lipinski definition) is 0. The summed E-state index contributed by atoms with van der Waals surface area (Å²) in [4.78, 5) is 54.3. The van der Waals surface area contributed by atoms with Crippen molar-refractivity contribution in [3.8, 4) is 68.8 Å². The van der Waals surface area contributed by atoms with Gasteiger partial charge in [-0.25, -0.2) is 0 Å².